The molecule has 0 amide bonds. The molecule has 0 aromatic carbocycles. The Hall–Kier alpha value is -0.950. The summed E-state index contributed by atoms with van der Waals surface area (Å²) in [6.07, 6.45) is -3.87. The lowest BCUT2D eigenvalue weighted by atomic mass is 10.1. The minimum Gasteiger partial charge on any atom is -0.387 e. The first-order valence-electron chi connectivity index (χ1n) is 6.62. The third-order valence-corrected chi connectivity index (χ3v) is 4.01. The first kappa shape index (κ1) is 16.9. The fourth-order valence-electron chi connectivity index (χ4n) is 2.17. The standard InChI is InChI=1S/C10H15N2O9PS/c1-19-10(12-3-2-6(13)11-9(12)16)8(15)7(14)5(21-10)4-20-22(17,18)23/h2-3,5,7-8,14-15H,4H2,1H3,(H,11,13,16)(H2,17,18,23)/t5-,7-,8-,10-/m1/s1/i/hD. The van der Waals surface area contributed by atoms with Gasteiger partial charge in [-0.25, -0.2) is 9.36 Å². The van der Waals surface area contributed by atoms with Crippen LogP contribution in [0.2, 0.25) is 1.41 Å². The van der Waals surface area contributed by atoms with Crippen LogP contribution in [0.15, 0.2) is 21.9 Å². The first-order valence-corrected chi connectivity index (χ1v) is 8.79. The van der Waals surface area contributed by atoms with Crippen LogP contribution in [-0.4, -0.2) is 61.6 Å². The molecule has 0 spiro atoms. The lowest BCUT2D eigenvalue weighted by Crippen LogP contribution is -2.52. The smallest absolute Gasteiger partial charge is 0.332 e. The van der Waals surface area contributed by atoms with Gasteiger partial charge in [0, 0.05) is 19.4 Å². The van der Waals surface area contributed by atoms with E-state index in [1.807, 2.05) is 0 Å². The van der Waals surface area contributed by atoms with E-state index in [4.69, 9.17) is 20.7 Å². The van der Waals surface area contributed by atoms with Crippen molar-refractivity contribution in [1.82, 2.24) is 9.54 Å². The summed E-state index contributed by atoms with van der Waals surface area (Å²) >= 11 is 4.27. The summed E-state index contributed by atoms with van der Waals surface area (Å²) in [4.78, 5) is 41.5. The van der Waals surface area contributed by atoms with Gasteiger partial charge in [0.2, 0.25) is 0 Å². The molecule has 23 heavy (non-hydrogen) atoms. The molecule has 5 N–H and O–H groups in total. The van der Waals surface area contributed by atoms with Crippen molar-refractivity contribution in [2.75, 3.05) is 13.7 Å². The molecule has 1 aliphatic heterocycles. The van der Waals surface area contributed by atoms with Gasteiger partial charge < -0.3 is 34.0 Å². The van der Waals surface area contributed by atoms with Crippen molar-refractivity contribution in [3.05, 3.63) is 33.1 Å². The van der Waals surface area contributed by atoms with Crippen LogP contribution in [0, 0.1) is 0 Å². The molecule has 2 heterocycles. The van der Waals surface area contributed by atoms with Gasteiger partial charge in [-0.05, 0) is 11.8 Å². The number of aromatic nitrogens is 2. The Morgan fingerprint density at radius 3 is 2.78 bits per heavy atom. The molecule has 1 fully saturated rings. The van der Waals surface area contributed by atoms with Gasteiger partial charge in [0.25, 0.3) is 11.5 Å². The van der Waals surface area contributed by atoms with Gasteiger partial charge in [0.1, 0.15) is 12.2 Å². The quantitative estimate of drug-likeness (QED) is 0.340. The summed E-state index contributed by atoms with van der Waals surface area (Å²) < 4.78 is 22.9. The molecular weight excluding hydrogens is 355 g/mol. The summed E-state index contributed by atoms with van der Waals surface area (Å²) in [5.74, 6) is -2.26. The molecule has 1 aromatic heterocycles. The third kappa shape index (κ3) is 3.60. The number of hydrogen-bond acceptors (Lipinski definition) is 8. The van der Waals surface area contributed by atoms with Crippen molar-refractivity contribution in [1.29, 1.82) is 0 Å². The highest BCUT2D eigenvalue weighted by atomic mass is 32.5. The van der Waals surface area contributed by atoms with Gasteiger partial charge in [-0.3, -0.25) is 9.77 Å². The number of aliphatic hydroxyl groups is 2. The lowest BCUT2D eigenvalue weighted by Gasteiger charge is -2.31. The molecule has 1 saturated heterocycles. The predicted octanol–water partition coefficient (Wildman–Crippen LogP) is -2.86. The van der Waals surface area contributed by atoms with E-state index in [1.165, 1.54) is 0 Å². The van der Waals surface area contributed by atoms with E-state index in [9.17, 15) is 19.8 Å². The second-order valence-electron chi connectivity index (χ2n) is 4.63. The van der Waals surface area contributed by atoms with Crippen LogP contribution in [0.1, 0.15) is 0 Å². The maximum absolute atomic E-state index is 12.1. The molecule has 0 unspecified atom stereocenters. The average molecular weight is 371 g/mol. The van der Waals surface area contributed by atoms with E-state index in [2.05, 4.69) is 16.3 Å². The van der Waals surface area contributed by atoms with Gasteiger partial charge in [0.15, 0.2) is 7.52 Å². The number of nitrogens with one attached hydrogen (secondary N) is 1. The number of methoxy groups -OCH3 is 1. The SMILES string of the molecule is [2H]n1c(=O)ccn([C@]2(OC)O[C@H](COP(O)(O)=S)[C@@H](O)[C@H]2O)c1=O. The van der Waals surface area contributed by atoms with Crippen molar-refractivity contribution in [3.8, 4) is 0 Å². The van der Waals surface area contributed by atoms with E-state index in [-0.39, 0.29) is 4.98 Å². The molecule has 1 aliphatic rings. The van der Waals surface area contributed by atoms with Crippen LogP contribution in [0.5, 0.6) is 0 Å². The Morgan fingerprint density at radius 1 is 1.57 bits per heavy atom. The largest absolute Gasteiger partial charge is 0.387 e. The zero-order valence-electron chi connectivity index (χ0n) is 12.7. The highest BCUT2D eigenvalue weighted by Gasteiger charge is 2.57. The zero-order valence-corrected chi connectivity index (χ0v) is 13.4. The number of hydrogen-bond donors (Lipinski definition) is 5. The predicted molar refractivity (Wildman–Crippen MR) is 77.9 cm³/mol. The molecule has 13 heteroatoms. The Balaban J connectivity index is 2.43. The summed E-state index contributed by atoms with van der Waals surface area (Å²) in [5, 5.41) is 20.3. The van der Waals surface area contributed by atoms with Crippen LogP contribution >= 0.6 is 6.72 Å². The molecule has 0 saturated carbocycles. The molecule has 1 aromatic rings. The molecule has 130 valence electrons. The Morgan fingerprint density at radius 2 is 2.22 bits per heavy atom. The van der Waals surface area contributed by atoms with Crippen molar-refractivity contribution in [3.63, 3.8) is 0 Å². The average Bonchev–Trinajstić information content (AvgIpc) is 2.75. The van der Waals surface area contributed by atoms with E-state index < -0.39 is 48.8 Å². The van der Waals surface area contributed by atoms with Gasteiger partial charge in [-0.15, -0.1) is 0 Å². The molecular formula is C10H15N2O9PS. The van der Waals surface area contributed by atoms with Crippen LogP contribution < -0.4 is 11.2 Å². The second kappa shape index (κ2) is 6.51. The lowest BCUT2D eigenvalue weighted by molar-refractivity contribution is -0.305. The number of aliphatic hydroxyl groups excluding tert-OH is 2. The van der Waals surface area contributed by atoms with Gasteiger partial charge in [-0.2, -0.15) is 0 Å². The first-order chi connectivity index (χ1) is 11.0. The fourth-order valence-corrected chi connectivity index (χ4v) is 2.69. The minimum atomic E-state index is -4.03. The summed E-state index contributed by atoms with van der Waals surface area (Å²) in [6.45, 7) is -4.64. The molecule has 2 rings (SSSR count). The van der Waals surface area contributed by atoms with Crippen molar-refractivity contribution < 1.29 is 35.4 Å². The summed E-state index contributed by atoms with van der Waals surface area (Å²) in [7, 11) is 1.06. The number of aromatic amines is 1. The zero-order chi connectivity index (χ0) is 18.3. The molecule has 4 atom stereocenters. The van der Waals surface area contributed by atoms with E-state index in [0.717, 1.165) is 19.4 Å². The maximum Gasteiger partial charge on any atom is 0.332 e. The minimum absolute atomic E-state index is 0.00824. The molecule has 0 radical (unpaired) electrons. The Bertz CT molecular complexity index is 778. The molecule has 0 aliphatic carbocycles. The monoisotopic (exact) mass is 371 g/mol. The van der Waals surface area contributed by atoms with Crippen molar-refractivity contribution in [2.24, 2.45) is 0 Å². The third-order valence-electron chi connectivity index (χ3n) is 3.21. The summed E-state index contributed by atoms with van der Waals surface area (Å²) in [5.41, 5.74) is -2.11. The van der Waals surface area contributed by atoms with Crippen LogP contribution in [0.25, 0.3) is 0 Å². The molecule has 11 nitrogen and oxygen atoms in total. The second-order valence-corrected chi connectivity index (χ2v) is 7.30. The number of H-pyrrole nitrogens is 1. The van der Waals surface area contributed by atoms with Crippen LogP contribution in [0.3, 0.4) is 0 Å². The number of nitrogens with zero attached hydrogens (tertiary/aromatic N) is 1. The highest BCUT2D eigenvalue weighted by Crippen LogP contribution is 2.40. The topological polar surface area (TPSA) is 163 Å². The highest BCUT2D eigenvalue weighted by molar-refractivity contribution is 8.06. The van der Waals surface area contributed by atoms with Gasteiger partial charge >= 0.3 is 12.4 Å². The number of rotatable bonds is 5. The Labute approximate surface area is 135 Å². The molecule has 0 bridgehead atoms. The van der Waals surface area contributed by atoms with E-state index >= 15 is 0 Å². The van der Waals surface area contributed by atoms with Gasteiger partial charge in [0.05, 0.1) is 6.61 Å². The maximum atomic E-state index is 12.1. The normalized spacial score (nSPS) is 32.0. The Kier molecular flexibility index (Phi) is 4.78. The van der Waals surface area contributed by atoms with Crippen LogP contribution in [0.4, 0.5) is 0 Å². The number of ether oxygens (including phenoxy) is 2. The van der Waals surface area contributed by atoms with Crippen LogP contribution in [-0.2, 0) is 31.7 Å². The van der Waals surface area contributed by atoms with Crippen molar-refractivity contribution in [2.45, 2.75) is 24.2 Å². The fraction of sp³-hybridized carbons (Fsp3) is 0.600. The van der Waals surface area contributed by atoms with Gasteiger partial charge in [-0.1, -0.05) is 0 Å². The van der Waals surface area contributed by atoms with E-state index in [1.54, 1.807) is 0 Å². The van der Waals surface area contributed by atoms with Crippen molar-refractivity contribution >= 4 is 18.5 Å². The summed E-state index contributed by atoms with van der Waals surface area (Å²) in [6, 6.07) is 0.864. The van der Waals surface area contributed by atoms with E-state index in [0.29, 0.717) is 4.57 Å².